The molecule has 3 rings (SSSR count). The second-order valence-corrected chi connectivity index (χ2v) is 5.78. The van der Waals surface area contributed by atoms with E-state index < -0.39 is 36.3 Å². The minimum atomic E-state index is -4.82. The van der Waals surface area contributed by atoms with E-state index in [2.05, 4.69) is 10.1 Å². The van der Waals surface area contributed by atoms with Crippen molar-refractivity contribution in [2.75, 3.05) is 6.54 Å². The number of alkyl halides is 5. The van der Waals surface area contributed by atoms with Gasteiger partial charge in [-0.1, -0.05) is 24.3 Å². The maximum absolute atomic E-state index is 13.6. The molecule has 124 valence electrons. The van der Waals surface area contributed by atoms with E-state index in [-0.39, 0.29) is 0 Å². The van der Waals surface area contributed by atoms with Gasteiger partial charge in [-0.2, -0.15) is 0 Å². The van der Waals surface area contributed by atoms with Crippen molar-refractivity contribution in [2.45, 2.75) is 30.5 Å². The molecule has 0 atom stereocenters. The third-order valence-electron chi connectivity index (χ3n) is 4.08. The Bertz CT molecular complexity index is 655. The molecule has 1 fully saturated rings. The van der Waals surface area contributed by atoms with E-state index in [9.17, 15) is 22.0 Å². The molecule has 0 spiro atoms. The lowest BCUT2D eigenvalue weighted by Crippen LogP contribution is -2.51. The van der Waals surface area contributed by atoms with E-state index in [1.165, 1.54) is 12.1 Å². The van der Waals surface area contributed by atoms with Crippen LogP contribution in [0.5, 0.6) is 5.75 Å². The minimum Gasteiger partial charge on any atom is -0.406 e. The van der Waals surface area contributed by atoms with Crippen molar-refractivity contribution < 1.29 is 26.7 Å². The zero-order valence-electron chi connectivity index (χ0n) is 12.0. The van der Waals surface area contributed by atoms with Crippen LogP contribution in [-0.2, 0) is 5.41 Å². The first-order valence-corrected chi connectivity index (χ1v) is 7.05. The fourth-order valence-electron chi connectivity index (χ4n) is 3.17. The average Bonchev–Trinajstić information content (AvgIpc) is 2.43. The first-order valence-electron chi connectivity index (χ1n) is 7.05. The van der Waals surface area contributed by atoms with E-state index in [0.717, 1.165) is 6.07 Å². The Morgan fingerprint density at radius 3 is 2.43 bits per heavy atom. The highest BCUT2D eigenvalue weighted by atomic mass is 19.4. The van der Waals surface area contributed by atoms with Crippen molar-refractivity contribution in [1.82, 2.24) is 5.32 Å². The number of ether oxygens (including phenoxy) is 1. The summed E-state index contributed by atoms with van der Waals surface area (Å²) >= 11 is 0. The van der Waals surface area contributed by atoms with Crippen molar-refractivity contribution >= 4 is 0 Å². The molecule has 1 aliphatic heterocycles. The molecule has 0 radical (unpaired) electrons. The minimum absolute atomic E-state index is 0.393. The lowest BCUT2D eigenvalue weighted by Gasteiger charge is -2.49. The predicted octanol–water partition coefficient (Wildman–Crippen LogP) is 4.30. The van der Waals surface area contributed by atoms with Gasteiger partial charge >= 0.3 is 6.36 Å². The van der Waals surface area contributed by atoms with Crippen LogP contribution in [0.2, 0.25) is 0 Å². The van der Waals surface area contributed by atoms with Gasteiger partial charge in [-0.25, -0.2) is 8.78 Å². The average molecular weight is 331 g/mol. The topological polar surface area (TPSA) is 21.3 Å². The summed E-state index contributed by atoms with van der Waals surface area (Å²) in [6.45, 7) is 0.590. The van der Waals surface area contributed by atoms with Gasteiger partial charge < -0.3 is 10.1 Å². The van der Waals surface area contributed by atoms with Gasteiger partial charge in [0.25, 0.3) is 5.92 Å². The molecule has 0 amide bonds. The third kappa shape index (κ3) is 3.18. The van der Waals surface area contributed by atoms with Crippen molar-refractivity contribution in [2.24, 2.45) is 0 Å². The van der Waals surface area contributed by atoms with Crippen LogP contribution < -0.4 is 10.1 Å². The second-order valence-electron chi connectivity index (χ2n) is 5.78. The molecule has 23 heavy (non-hydrogen) atoms. The van der Waals surface area contributed by atoms with E-state index in [1.807, 2.05) is 0 Å². The van der Waals surface area contributed by atoms with Gasteiger partial charge in [-0.05, 0) is 23.3 Å². The summed E-state index contributed by atoms with van der Waals surface area (Å²) in [6.07, 6.45) is -0.513. The van der Waals surface area contributed by atoms with Gasteiger partial charge in [0.05, 0.1) is 0 Å². The molecular formula is C16H14F5NO. The molecule has 0 aromatic heterocycles. The summed E-state index contributed by atoms with van der Waals surface area (Å²) in [6, 6.07) is 5.29. The van der Waals surface area contributed by atoms with Gasteiger partial charge in [0.15, 0.2) is 0 Å². The molecule has 1 N–H and O–H groups in total. The standard InChI is InChI=1S/C16H14F5NO/c17-15(18)9-14(10-15,12-4-2-6-22-8-12)11-3-1-5-13(7-11)23-16(19,20)21/h1-5,7-8,22H,6,9-10H2. The largest absolute Gasteiger partial charge is 0.573 e. The molecular weight excluding hydrogens is 317 g/mol. The monoisotopic (exact) mass is 331 g/mol. The van der Waals surface area contributed by atoms with Gasteiger partial charge in [0, 0.05) is 31.0 Å². The molecule has 7 heteroatoms. The lowest BCUT2D eigenvalue weighted by molar-refractivity contribution is -0.274. The number of rotatable bonds is 3. The summed E-state index contributed by atoms with van der Waals surface area (Å²) in [4.78, 5) is 0. The van der Waals surface area contributed by atoms with E-state index in [0.29, 0.717) is 17.7 Å². The Hall–Kier alpha value is -2.05. The van der Waals surface area contributed by atoms with Gasteiger partial charge in [0.1, 0.15) is 5.75 Å². The maximum Gasteiger partial charge on any atom is 0.573 e. The van der Waals surface area contributed by atoms with Crippen LogP contribution in [0.1, 0.15) is 18.4 Å². The number of hydrogen-bond acceptors (Lipinski definition) is 2. The zero-order chi connectivity index (χ0) is 16.7. The lowest BCUT2D eigenvalue weighted by atomic mass is 9.58. The van der Waals surface area contributed by atoms with E-state index >= 15 is 0 Å². The fraction of sp³-hybridized carbons (Fsp3) is 0.375. The Morgan fingerprint density at radius 1 is 1.13 bits per heavy atom. The summed E-state index contributed by atoms with van der Waals surface area (Å²) < 4.78 is 68.1. The van der Waals surface area contributed by atoms with Crippen LogP contribution in [0.4, 0.5) is 22.0 Å². The van der Waals surface area contributed by atoms with Crippen LogP contribution in [0.3, 0.4) is 0 Å². The number of halogens is 5. The molecule has 1 saturated carbocycles. The molecule has 1 aromatic carbocycles. The predicted molar refractivity (Wildman–Crippen MR) is 74.2 cm³/mol. The summed E-state index contributed by atoms with van der Waals surface area (Å²) in [7, 11) is 0. The van der Waals surface area contributed by atoms with Gasteiger partial charge in [0.2, 0.25) is 0 Å². The summed E-state index contributed by atoms with van der Waals surface area (Å²) in [5.74, 6) is -3.23. The molecule has 1 heterocycles. The first-order chi connectivity index (χ1) is 10.7. The highest BCUT2D eigenvalue weighted by molar-refractivity contribution is 5.48. The number of dihydropyridines is 1. The van der Waals surface area contributed by atoms with Crippen molar-refractivity contribution in [3.8, 4) is 5.75 Å². The molecule has 2 aliphatic rings. The Morgan fingerprint density at radius 2 is 1.87 bits per heavy atom. The Balaban J connectivity index is 1.97. The molecule has 0 saturated heterocycles. The normalized spacial score (nSPS) is 21.9. The van der Waals surface area contributed by atoms with E-state index in [1.54, 1.807) is 24.4 Å². The SMILES string of the molecule is FC1(F)CC(C2=CNCC=C2)(c2cccc(OC(F)(F)F)c2)C1. The van der Waals surface area contributed by atoms with Gasteiger partial charge in [-0.15, -0.1) is 13.2 Å². The molecule has 0 bridgehead atoms. The molecule has 1 aromatic rings. The number of nitrogens with one attached hydrogen (secondary N) is 1. The number of benzene rings is 1. The van der Waals surface area contributed by atoms with Crippen LogP contribution in [-0.4, -0.2) is 18.8 Å². The van der Waals surface area contributed by atoms with Crippen LogP contribution >= 0.6 is 0 Å². The highest BCUT2D eigenvalue weighted by Crippen LogP contribution is 2.58. The fourth-order valence-corrected chi connectivity index (χ4v) is 3.17. The van der Waals surface area contributed by atoms with Gasteiger partial charge in [-0.3, -0.25) is 0 Å². The van der Waals surface area contributed by atoms with Crippen molar-refractivity contribution in [1.29, 1.82) is 0 Å². The Labute approximate surface area is 129 Å². The quantitative estimate of drug-likeness (QED) is 0.834. The third-order valence-corrected chi connectivity index (χ3v) is 4.08. The number of allylic oxidation sites excluding steroid dienone is 2. The molecule has 1 aliphatic carbocycles. The summed E-state index contributed by atoms with van der Waals surface area (Å²) in [5.41, 5.74) is 0.0295. The molecule has 0 unspecified atom stereocenters. The first kappa shape index (κ1) is 15.8. The second kappa shape index (κ2) is 5.25. The smallest absolute Gasteiger partial charge is 0.406 e. The Kier molecular flexibility index (Phi) is 3.61. The maximum atomic E-state index is 13.6. The van der Waals surface area contributed by atoms with Crippen molar-refractivity contribution in [3.63, 3.8) is 0 Å². The van der Waals surface area contributed by atoms with Crippen LogP contribution in [0.15, 0.2) is 48.2 Å². The van der Waals surface area contributed by atoms with Crippen LogP contribution in [0, 0.1) is 0 Å². The van der Waals surface area contributed by atoms with Crippen molar-refractivity contribution in [3.05, 3.63) is 53.8 Å². The zero-order valence-corrected chi connectivity index (χ0v) is 12.0. The van der Waals surface area contributed by atoms with Crippen LogP contribution in [0.25, 0.3) is 0 Å². The van der Waals surface area contributed by atoms with E-state index in [4.69, 9.17) is 0 Å². The molecule has 2 nitrogen and oxygen atoms in total. The highest BCUT2D eigenvalue weighted by Gasteiger charge is 2.58. The number of hydrogen-bond donors (Lipinski definition) is 1. The summed E-state index contributed by atoms with van der Waals surface area (Å²) in [5, 5.41) is 2.95.